The summed E-state index contributed by atoms with van der Waals surface area (Å²) in [5.74, 6) is -10.1. The summed E-state index contributed by atoms with van der Waals surface area (Å²) in [5.41, 5.74) is -1.56. The highest BCUT2D eigenvalue weighted by Gasteiger charge is 2.70. The van der Waals surface area contributed by atoms with E-state index in [1.807, 2.05) is 0 Å². The zero-order valence-corrected chi connectivity index (χ0v) is 22.7. The van der Waals surface area contributed by atoms with Gasteiger partial charge in [0.15, 0.2) is 6.61 Å². The van der Waals surface area contributed by atoms with E-state index in [0.717, 1.165) is 19.3 Å². The number of alkyl halides is 2. The third-order valence-electron chi connectivity index (χ3n) is 9.50. The molecule has 1 aliphatic heterocycles. The number of hydrogen-bond donors (Lipinski definition) is 1. The minimum atomic E-state index is -3.73. The molecule has 8 unspecified atom stereocenters. The lowest BCUT2D eigenvalue weighted by atomic mass is 8.81. The van der Waals surface area contributed by atoms with Gasteiger partial charge < -0.3 is 24.1 Å². The maximum absolute atomic E-state index is 13.4. The van der Waals surface area contributed by atoms with Gasteiger partial charge in [-0.1, -0.05) is 0 Å². The molecule has 6 bridgehead atoms. The molecule has 41 heavy (non-hydrogen) atoms. The zero-order chi connectivity index (χ0) is 30.1. The van der Waals surface area contributed by atoms with Crippen molar-refractivity contribution in [1.82, 2.24) is 0 Å². The van der Waals surface area contributed by atoms with E-state index < -0.39 is 96.3 Å². The molecule has 0 aromatic heterocycles. The van der Waals surface area contributed by atoms with Gasteiger partial charge in [-0.05, 0) is 50.4 Å². The highest BCUT2D eigenvalue weighted by Crippen LogP contribution is 2.60. The van der Waals surface area contributed by atoms with Crippen LogP contribution < -0.4 is 0 Å². The molecule has 0 amide bonds. The molecule has 9 nitrogen and oxygen atoms in total. The Morgan fingerprint density at radius 1 is 1.05 bits per heavy atom. The Morgan fingerprint density at radius 3 is 2.20 bits per heavy atom. The second-order valence-corrected chi connectivity index (χ2v) is 12.9. The lowest BCUT2D eigenvalue weighted by molar-refractivity contribution is -0.222. The van der Waals surface area contributed by atoms with E-state index in [-0.39, 0.29) is 0 Å². The van der Waals surface area contributed by atoms with Crippen LogP contribution in [0.5, 0.6) is 0 Å². The van der Waals surface area contributed by atoms with Crippen molar-refractivity contribution < 1.29 is 52.0 Å². The molecular weight excluding hydrogens is 535 g/mol. The highest BCUT2D eigenvalue weighted by molar-refractivity contribution is 7.76. The first-order valence-corrected chi connectivity index (χ1v) is 13.9. The van der Waals surface area contributed by atoms with E-state index in [4.69, 9.17) is 49.9 Å². The van der Waals surface area contributed by atoms with Crippen LogP contribution in [0.1, 0.15) is 51.9 Å². The molecule has 0 aromatic rings. The molecule has 7 aliphatic rings. The fourth-order valence-corrected chi connectivity index (χ4v) is 8.44. The van der Waals surface area contributed by atoms with E-state index in [1.54, 1.807) is 0 Å². The Bertz CT molecular complexity index is 1080. The van der Waals surface area contributed by atoms with Crippen LogP contribution in [0, 0.1) is 35.5 Å². The average Bonchev–Trinajstić information content (AvgIpc) is 3.44. The summed E-state index contributed by atoms with van der Waals surface area (Å²) >= 11 is 0. The molecule has 1 heterocycles. The number of hydrogen-bond acceptors (Lipinski definition) is 9. The van der Waals surface area contributed by atoms with Crippen LogP contribution in [0.25, 0.3) is 0 Å². The standard InChI is InChI=1S/C24H28F2O9.B6/c1-22(25,26)21(30)34-18-12-3-13-16(20(29)33-17(13)18)15(12)19(28)32-8-14(27)35-24-6-10-2-11(7-24)5-23(31,4-10)9-24;1-5(2)6(3)4/h10-13,15-18,31H,2-9H2,1H3;. The Kier molecular flexibility index (Phi) is 7.95. The van der Waals surface area contributed by atoms with Crippen LogP contribution in [-0.2, 0) is 38.1 Å². The van der Waals surface area contributed by atoms with Gasteiger partial charge in [-0.3, -0.25) is 9.59 Å². The van der Waals surface area contributed by atoms with Gasteiger partial charge in [-0.2, -0.15) is 8.78 Å². The van der Waals surface area contributed by atoms with Crippen molar-refractivity contribution in [3.63, 3.8) is 0 Å². The van der Waals surface area contributed by atoms with Crippen molar-refractivity contribution in [2.75, 3.05) is 6.61 Å². The summed E-state index contributed by atoms with van der Waals surface area (Å²) in [4.78, 5) is 49.7. The van der Waals surface area contributed by atoms with Crippen molar-refractivity contribution in [3.05, 3.63) is 0 Å². The van der Waals surface area contributed by atoms with Gasteiger partial charge in [0.2, 0.25) is 0 Å². The quantitative estimate of drug-likeness (QED) is 0.242. The van der Waals surface area contributed by atoms with Crippen molar-refractivity contribution >= 4 is 67.6 Å². The van der Waals surface area contributed by atoms with Crippen molar-refractivity contribution in [1.29, 1.82) is 0 Å². The molecular formula is C24H28B6F2O9. The van der Waals surface area contributed by atoms with Crippen LogP contribution >= 0.6 is 0 Å². The molecule has 8 atom stereocenters. The smallest absolute Gasteiger partial charge is 0.377 e. The van der Waals surface area contributed by atoms with Crippen LogP contribution in [0.3, 0.4) is 0 Å². The van der Waals surface area contributed by atoms with E-state index in [9.17, 15) is 33.1 Å². The molecule has 7 fully saturated rings. The number of aliphatic hydroxyl groups is 1. The van der Waals surface area contributed by atoms with E-state index in [1.165, 1.54) is 0 Å². The lowest BCUT2D eigenvalue weighted by Crippen LogP contribution is -2.60. The number of halogens is 2. The Labute approximate surface area is 242 Å². The van der Waals surface area contributed by atoms with Gasteiger partial charge in [0.05, 0.1) is 17.4 Å². The maximum Gasteiger partial charge on any atom is 0.377 e. The first-order valence-electron chi connectivity index (χ1n) is 13.9. The minimum Gasteiger partial charge on any atom is -0.458 e. The van der Waals surface area contributed by atoms with Crippen molar-refractivity contribution in [2.24, 2.45) is 35.5 Å². The van der Waals surface area contributed by atoms with Gasteiger partial charge in [0, 0.05) is 68.9 Å². The van der Waals surface area contributed by atoms with E-state index in [2.05, 4.69) is 0 Å². The van der Waals surface area contributed by atoms with Crippen LogP contribution in [0.2, 0.25) is 0 Å². The average molecular weight is 563 g/mol. The molecule has 8 radical (unpaired) electrons. The largest absolute Gasteiger partial charge is 0.458 e. The first-order chi connectivity index (χ1) is 19.0. The molecule has 7 rings (SSSR count). The topological polar surface area (TPSA) is 125 Å². The molecule has 1 saturated heterocycles. The number of esters is 4. The fraction of sp³-hybridized carbons (Fsp3) is 0.833. The van der Waals surface area contributed by atoms with Gasteiger partial charge in [-0.15, -0.1) is 0 Å². The molecule has 1 N–H and O–H groups in total. The van der Waals surface area contributed by atoms with E-state index in [0.29, 0.717) is 44.4 Å². The summed E-state index contributed by atoms with van der Waals surface area (Å²) in [6.07, 6.45) is 1.28. The van der Waals surface area contributed by atoms with Crippen molar-refractivity contribution in [3.8, 4) is 0 Å². The van der Waals surface area contributed by atoms with Crippen LogP contribution in [0.15, 0.2) is 0 Å². The van der Waals surface area contributed by atoms with E-state index >= 15 is 0 Å². The highest BCUT2D eigenvalue weighted by atomic mass is 19.3. The van der Waals surface area contributed by atoms with Gasteiger partial charge in [0.1, 0.15) is 17.8 Å². The molecule has 0 spiro atoms. The SMILES string of the molecule is CC(F)(F)C(=O)OC1C2CC3C1OC(=O)C3C2C(=O)OCC(=O)OC12CC3CC(CC(O)(C3)C1)C2.[B]B([B])B([B])[B]. The van der Waals surface area contributed by atoms with Gasteiger partial charge in [0.25, 0.3) is 0 Å². The normalized spacial score (nSPS) is 40.7. The van der Waals surface area contributed by atoms with Crippen molar-refractivity contribution in [2.45, 2.75) is 81.2 Å². The summed E-state index contributed by atoms with van der Waals surface area (Å²) < 4.78 is 48.0. The molecule has 6 aliphatic carbocycles. The maximum atomic E-state index is 13.4. The predicted octanol–water partition coefficient (Wildman–Crippen LogP) is -0.754. The predicted molar refractivity (Wildman–Crippen MR) is 143 cm³/mol. The van der Waals surface area contributed by atoms with Crippen LogP contribution in [-0.4, -0.2) is 109 Å². The van der Waals surface area contributed by atoms with Crippen LogP contribution in [0.4, 0.5) is 8.78 Å². The Balaban J connectivity index is 0.000000511. The second kappa shape index (κ2) is 10.7. The zero-order valence-electron chi connectivity index (χ0n) is 22.7. The monoisotopic (exact) mass is 564 g/mol. The minimum absolute atomic E-state index is 0.295. The summed E-state index contributed by atoms with van der Waals surface area (Å²) in [7, 11) is 19.9. The summed E-state index contributed by atoms with van der Waals surface area (Å²) in [5, 5.41) is 10.8. The molecule has 17 heteroatoms. The third kappa shape index (κ3) is 5.85. The summed E-state index contributed by atoms with van der Waals surface area (Å²) in [6, 6.07) is 0. The number of fused-ring (bicyclic) bond motifs is 1. The fourth-order valence-electron chi connectivity index (χ4n) is 8.44. The van der Waals surface area contributed by atoms with Gasteiger partial charge >= 0.3 is 29.8 Å². The second-order valence-electron chi connectivity index (χ2n) is 12.9. The number of carbonyl (C=O) groups is 4. The third-order valence-corrected chi connectivity index (χ3v) is 9.50. The number of ether oxygens (including phenoxy) is 4. The molecule has 0 aromatic carbocycles. The molecule has 210 valence electrons. The Hall–Kier alpha value is -1.91. The summed E-state index contributed by atoms with van der Waals surface area (Å²) in [6.45, 7) is -0.253. The Morgan fingerprint density at radius 2 is 1.66 bits per heavy atom. The number of rotatable bonds is 7. The first kappa shape index (κ1) is 30.5. The molecule has 6 saturated carbocycles. The lowest BCUT2D eigenvalue weighted by Gasteiger charge is -2.59. The van der Waals surface area contributed by atoms with Gasteiger partial charge in [-0.25, -0.2) is 9.59 Å². The number of carbonyl (C=O) groups excluding carboxylic acids is 4.